The highest BCUT2D eigenvalue weighted by Gasteiger charge is 2.06. The molecule has 1 N–H and O–H groups in total. The minimum atomic E-state index is -3.38. The van der Waals surface area contributed by atoms with E-state index in [2.05, 4.69) is 9.71 Å². The number of rotatable bonds is 3. The Morgan fingerprint density at radius 2 is 2.00 bits per heavy atom. The van der Waals surface area contributed by atoms with Crippen molar-refractivity contribution >= 4 is 27.3 Å². The molecule has 4 nitrogen and oxygen atoms in total. The van der Waals surface area contributed by atoms with Crippen molar-refractivity contribution < 1.29 is 8.42 Å². The molecule has 1 aromatic rings. The van der Waals surface area contributed by atoms with Gasteiger partial charge >= 0.3 is 0 Å². The second kappa shape index (κ2) is 3.73. The van der Waals surface area contributed by atoms with Gasteiger partial charge in [-0.3, -0.25) is 9.71 Å². The van der Waals surface area contributed by atoms with Crippen molar-refractivity contribution in [3.63, 3.8) is 0 Å². The van der Waals surface area contributed by atoms with Crippen molar-refractivity contribution in [2.45, 2.75) is 0 Å². The summed E-state index contributed by atoms with van der Waals surface area (Å²) in [6.45, 7) is 0. The zero-order chi connectivity index (χ0) is 9.03. The Hall–Kier alpha value is -0.810. The maximum absolute atomic E-state index is 10.9. The van der Waals surface area contributed by atoms with Crippen LogP contribution in [0.3, 0.4) is 0 Å². The molecule has 6 heteroatoms. The van der Waals surface area contributed by atoms with Crippen LogP contribution in [0.25, 0.3) is 0 Å². The third-order valence-electron chi connectivity index (χ3n) is 1.10. The molecule has 0 radical (unpaired) electrons. The predicted octanol–water partition coefficient (Wildman–Crippen LogP) is 1.02. The molecule has 0 spiro atoms. The normalized spacial score (nSPS) is 11.1. The first-order valence-electron chi connectivity index (χ1n) is 3.10. The fourth-order valence-corrected chi connectivity index (χ4v) is 1.34. The lowest BCUT2D eigenvalue weighted by Crippen LogP contribution is -2.13. The van der Waals surface area contributed by atoms with Crippen LogP contribution in [-0.4, -0.2) is 18.6 Å². The number of halogens is 1. The fraction of sp³-hybridized carbons (Fsp3) is 0.167. The molecule has 0 saturated carbocycles. The highest BCUT2D eigenvalue weighted by molar-refractivity contribution is 7.93. The molecule has 0 unspecified atom stereocenters. The molecule has 0 saturated heterocycles. The quantitative estimate of drug-likeness (QED) is 0.752. The summed E-state index contributed by atoms with van der Waals surface area (Å²) in [5.74, 6) is 0. The molecular formula is C6H7ClN2O2S. The Balaban J connectivity index is 2.78. The largest absolute Gasteiger partial charge is 0.282 e. The van der Waals surface area contributed by atoms with Crippen molar-refractivity contribution in [1.82, 2.24) is 4.98 Å². The highest BCUT2D eigenvalue weighted by atomic mass is 35.5. The van der Waals surface area contributed by atoms with Crippen LogP contribution in [0.15, 0.2) is 24.5 Å². The number of pyridine rings is 1. The molecule has 0 aliphatic carbocycles. The average molecular weight is 207 g/mol. The monoisotopic (exact) mass is 206 g/mol. The molecule has 0 amide bonds. The van der Waals surface area contributed by atoms with Crippen molar-refractivity contribution in [3.05, 3.63) is 24.5 Å². The van der Waals surface area contributed by atoms with E-state index in [1.165, 1.54) is 12.4 Å². The number of hydrogen-bond donors (Lipinski definition) is 1. The zero-order valence-corrected chi connectivity index (χ0v) is 7.64. The molecule has 0 bridgehead atoms. The van der Waals surface area contributed by atoms with Crippen LogP contribution in [0, 0.1) is 0 Å². The second-order valence-electron chi connectivity index (χ2n) is 2.06. The van der Waals surface area contributed by atoms with Crippen LogP contribution in [0.5, 0.6) is 0 Å². The van der Waals surface area contributed by atoms with E-state index in [0.29, 0.717) is 5.69 Å². The van der Waals surface area contributed by atoms with E-state index in [0.717, 1.165) is 0 Å². The van der Waals surface area contributed by atoms with Crippen LogP contribution in [-0.2, 0) is 10.0 Å². The van der Waals surface area contributed by atoms with Crippen molar-refractivity contribution in [1.29, 1.82) is 0 Å². The first-order valence-corrected chi connectivity index (χ1v) is 5.29. The third-order valence-corrected chi connectivity index (χ3v) is 2.79. The van der Waals surface area contributed by atoms with Gasteiger partial charge in [0, 0.05) is 12.4 Å². The molecule has 0 aliphatic rings. The fourth-order valence-electron chi connectivity index (χ4n) is 0.627. The Labute approximate surface area is 75.6 Å². The van der Waals surface area contributed by atoms with E-state index in [-0.39, 0.29) is 0 Å². The van der Waals surface area contributed by atoms with Gasteiger partial charge in [0.1, 0.15) is 5.21 Å². The molecule has 0 fully saturated rings. The maximum atomic E-state index is 10.9. The molecule has 12 heavy (non-hydrogen) atoms. The van der Waals surface area contributed by atoms with E-state index in [9.17, 15) is 8.42 Å². The Morgan fingerprint density at radius 1 is 1.42 bits per heavy atom. The number of aromatic nitrogens is 1. The number of alkyl halides is 1. The molecule has 0 aliphatic heterocycles. The Kier molecular flexibility index (Phi) is 2.88. The summed E-state index contributed by atoms with van der Waals surface area (Å²) in [6, 6.07) is 3.09. The molecular weight excluding hydrogens is 200 g/mol. The van der Waals surface area contributed by atoms with Crippen molar-refractivity contribution in [2.75, 3.05) is 9.93 Å². The minimum Gasteiger partial charge on any atom is -0.282 e. The number of hydrogen-bond acceptors (Lipinski definition) is 3. The zero-order valence-electron chi connectivity index (χ0n) is 6.07. The number of sulfonamides is 1. The summed E-state index contributed by atoms with van der Waals surface area (Å²) in [6.07, 6.45) is 2.98. The summed E-state index contributed by atoms with van der Waals surface area (Å²) >= 11 is 5.18. The van der Waals surface area contributed by atoms with Gasteiger partial charge in [-0.2, -0.15) is 0 Å². The lowest BCUT2D eigenvalue weighted by atomic mass is 10.4. The standard InChI is InChI=1S/C6H7ClN2O2S/c7-5-12(10,11)9-6-1-3-8-4-2-6/h1-4H,5H2,(H,8,9). The van der Waals surface area contributed by atoms with E-state index >= 15 is 0 Å². The third kappa shape index (κ3) is 2.67. The highest BCUT2D eigenvalue weighted by Crippen LogP contribution is 2.06. The molecule has 1 heterocycles. The first kappa shape index (κ1) is 9.28. The van der Waals surface area contributed by atoms with Gasteiger partial charge in [0.25, 0.3) is 0 Å². The summed E-state index contributed by atoms with van der Waals surface area (Å²) in [7, 11) is -3.38. The molecule has 66 valence electrons. The van der Waals surface area contributed by atoms with Gasteiger partial charge in [0.05, 0.1) is 5.69 Å². The average Bonchev–Trinajstić information content (AvgIpc) is 2.06. The Morgan fingerprint density at radius 3 is 2.50 bits per heavy atom. The number of nitrogens with one attached hydrogen (secondary N) is 1. The van der Waals surface area contributed by atoms with Crippen LogP contribution in [0.2, 0.25) is 0 Å². The summed E-state index contributed by atoms with van der Waals surface area (Å²) in [5, 5.41) is -0.449. The first-order chi connectivity index (χ1) is 5.64. The Bertz CT molecular complexity index is 338. The SMILES string of the molecule is O=S(=O)(CCl)Nc1ccncc1. The van der Waals surface area contributed by atoms with Crippen molar-refractivity contribution in [2.24, 2.45) is 0 Å². The van der Waals surface area contributed by atoms with Crippen LogP contribution < -0.4 is 4.72 Å². The number of anilines is 1. The topological polar surface area (TPSA) is 59.1 Å². The van der Waals surface area contributed by atoms with Crippen LogP contribution in [0.1, 0.15) is 0 Å². The van der Waals surface area contributed by atoms with Gasteiger partial charge in [0.15, 0.2) is 0 Å². The van der Waals surface area contributed by atoms with Crippen LogP contribution >= 0.6 is 11.6 Å². The lowest BCUT2D eigenvalue weighted by Gasteiger charge is -2.02. The van der Waals surface area contributed by atoms with Gasteiger partial charge in [-0.05, 0) is 12.1 Å². The minimum absolute atomic E-state index is 0.449. The van der Waals surface area contributed by atoms with Gasteiger partial charge in [-0.1, -0.05) is 0 Å². The van der Waals surface area contributed by atoms with E-state index in [1.807, 2.05) is 0 Å². The van der Waals surface area contributed by atoms with E-state index < -0.39 is 15.2 Å². The predicted molar refractivity (Wildman–Crippen MR) is 47.5 cm³/mol. The maximum Gasteiger partial charge on any atom is 0.246 e. The lowest BCUT2D eigenvalue weighted by molar-refractivity contribution is 0.605. The summed E-state index contributed by atoms with van der Waals surface area (Å²) < 4.78 is 24.1. The van der Waals surface area contributed by atoms with Gasteiger partial charge in [0.2, 0.25) is 10.0 Å². The van der Waals surface area contributed by atoms with Gasteiger partial charge in [-0.15, -0.1) is 11.6 Å². The molecule has 0 aromatic carbocycles. The molecule has 0 atom stereocenters. The van der Waals surface area contributed by atoms with Crippen LogP contribution in [0.4, 0.5) is 5.69 Å². The smallest absolute Gasteiger partial charge is 0.246 e. The summed E-state index contributed by atoms with van der Waals surface area (Å²) in [5.41, 5.74) is 0.464. The molecule has 1 rings (SSSR count). The van der Waals surface area contributed by atoms with Gasteiger partial charge in [-0.25, -0.2) is 8.42 Å². The van der Waals surface area contributed by atoms with Crippen molar-refractivity contribution in [3.8, 4) is 0 Å². The number of nitrogens with zero attached hydrogens (tertiary/aromatic N) is 1. The van der Waals surface area contributed by atoms with E-state index in [1.54, 1.807) is 12.1 Å². The second-order valence-corrected chi connectivity index (χ2v) is 4.37. The van der Waals surface area contributed by atoms with Gasteiger partial charge < -0.3 is 0 Å². The van der Waals surface area contributed by atoms with E-state index in [4.69, 9.17) is 11.6 Å². The molecule has 1 aromatic heterocycles. The summed E-state index contributed by atoms with van der Waals surface area (Å²) in [4.78, 5) is 3.73.